The largest absolute Gasteiger partial charge is 0.336 e. The second-order valence-electron chi connectivity index (χ2n) is 9.43. The van der Waals surface area contributed by atoms with Gasteiger partial charge in [0.25, 0.3) is 0 Å². The number of likely N-dealkylation sites (tertiary alicyclic amines) is 1. The summed E-state index contributed by atoms with van der Waals surface area (Å²) >= 11 is 0. The Hall–Kier alpha value is -0.830. The molecule has 0 unspecified atom stereocenters. The molecular formula is C22H42N2O. The lowest BCUT2D eigenvalue weighted by molar-refractivity contribution is -0.134. The van der Waals surface area contributed by atoms with E-state index in [1.807, 2.05) is 20.8 Å². The number of hydrogen-bond acceptors (Lipinski definition) is 2. The Balaban J connectivity index is 3.05. The van der Waals surface area contributed by atoms with E-state index < -0.39 is 0 Å². The summed E-state index contributed by atoms with van der Waals surface area (Å²) in [6, 6.07) is 0.324. The number of unbranched alkanes of at least 4 members (excludes halogenated alkanes) is 3. The molecule has 3 nitrogen and oxygen atoms in total. The zero-order chi connectivity index (χ0) is 19.4. The van der Waals surface area contributed by atoms with Gasteiger partial charge in [-0.3, -0.25) is 9.69 Å². The third kappa shape index (κ3) is 5.57. The number of rotatable bonds is 7. The first kappa shape index (κ1) is 22.2. The van der Waals surface area contributed by atoms with Crippen LogP contribution in [0.3, 0.4) is 0 Å². The topological polar surface area (TPSA) is 23.6 Å². The second-order valence-corrected chi connectivity index (χ2v) is 9.43. The summed E-state index contributed by atoms with van der Waals surface area (Å²) in [5.74, 6) is 0.248. The number of carbonyl (C=O) groups excluding carboxylic acids is 1. The van der Waals surface area contributed by atoms with Crippen LogP contribution < -0.4 is 0 Å². The molecule has 0 spiro atoms. The molecular weight excluding hydrogens is 308 g/mol. The van der Waals surface area contributed by atoms with Gasteiger partial charge >= 0.3 is 0 Å². The van der Waals surface area contributed by atoms with Gasteiger partial charge in [0, 0.05) is 29.2 Å². The smallest absolute Gasteiger partial charge is 0.249 e. The van der Waals surface area contributed by atoms with Crippen LogP contribution >= 0.6 is 0 Å². The monoisotopic (exact) mass is 350 g/mol. The number of nitrogens with zero attached hydrogens (tertiary/aromatic N) is 2. The van der Waals surface area contributed by atoms with Gasteiger partial charge in [-0.1, -0.05) is 31.8 Å². The minimum Gasteiger partial charge on any atom is -0.336 e. The second kappa shape index (κ2) is 8.70. The quantitative estimate of drug-likeness (QED) is 0.453. The third-order valence-corrected chi connectivity index (χ3v) is 6.31. The molecule has 1 fully saturated rings. The van der Waals surface area contributed by atoms with Gasteiger partial charge in [-0.25, -0.2) is 0 Å². The van der Waals surface area contributed by atoms with E-state index in [0.29, 0.717) is 6.04 Å². The molecule has 0 atom stereocenters. The molecule has 0 radical (unpaired) electrons. The lowest BCUT2D eigenvalue weighted by Gasteiger charge is -2.55. The molecule has 1 rings (SSSR count). The summed E-state index contributed by atoms with van der Waals surface area (Å²) in [5, 5.41) is 0. The highest BCUT2D eigenvalue weighted by molar-refractivity contribution is 5.93. The van der Waals surface area contributed by atoms with Crippen LogP contribution in [-0.2, 0) is 4.79 Å². The number of carbonyl (C=O) groups is 1. The zero-order valence-electron chi connectivity index (χ0n) is 18.3. The Morgan fingerprint density at radius 3 is 1.96 bits per heavy atom. The van der Waals surface area contributed by atoms with Crippen LogP contribution in [0.2, 0.25) is 0 Å². The predicted molar refractivity (Wildman–Crippen MR) is 109 cm³/mol. The first-order chi connectivity index (χ1) is 11.4. The molecule has 146 valence electrons. The minimum absolute atomic E-state index is 0.104. The van der Waals surface area contributed by atoms with Crippen molar-refractivity contribution in [3.8, 4) is 0 Å². The molecule has 0 aromatic carbocycles. The standard InChI is InChI=1S/C22H42N2O/c1-10-11-12-13-14-24(20(25)18(4)17(2)3)19-15-21(5,6)23(9)22(7,8)16-19/h19H,10-16H2,1-9H3. The first-order valence-corrected chi connectivity index (χ1v) is 10.1. The minimum atomic E-state index is 0.104. The summed E-state index contributed by atoms with van der Waals surface area (Å²) < 4.78 is 0. The van der Waals surface area contributed by atoms with Crippen LogP contribution in [0.1, 0.15) is 93.9 Å². The summed E-state index contributed by atoms with van der Waals surface area (Å²) in [6.45, 7) is 18.5. The van der Waals surface area contributed by atoms with Gasteiger partial charge in [-0.15, -0.1) is 0 Å². The Kier molecular flexibility index (Phi) is 7.73. The van der Waals surface area contributed by atoms with E-state index in [9.17, 15) is 4.79 Å². The highest BCUT2D eigenvalue weighted by Crippen LogP contribution is 2.39. The van der Waals surface area contributed by atoms with Crippen molar-refractivity contribution in [2.45, 2.75) is 111 Å². The van der Waals surface area contributed by atoms with E-state index in [1.165, 1.54) is 19.3 Å². The molecule has 3 heteroatoms. The molecule has 1 saturated heterocycles. The summed E-state index contributed by atoms with van der Waals surface area (Å²) in [5.41, 5.74) is 2.26. The maximum atomic E-state index is 13.2. The third-order valence-electron chi connectivity index (χ3n) is 6.31. The fourth-order valence-electron chi connectivity index (χ4n) is 4.13. The van der Waals surface area contributed by atoms with Crippen LogP contribution in [0, 0.1) is 0 Å². The summed E-state index contributed by atoms with van der Waals surface area (Å²) in [4.78, 5) is 17.9. The first-order valence-electron chi connectivity index (χ1n) is 10.1. The van der Waals surface area contributed by atoms with Gasteiger partial charge in [0.15, 0.2) is 0 Å². The molecule has 0 aromatic rings. The van der Waals surface area contributed by atoms with Gasteiger partial charge in [0.05, 0.1) is 0 Å². The number of piperidine rings is 1. The molecule has 0 aromatic heterocycles. The lowest BCUT2D eigenvalue weighted by Crippen LogP contribution is -2.63. The van der Waals surface area contributed by atoms with E-state index in [1.54, 1.807) is 0 Å². The molecule has 1 aliphatic heterocycles. The fourth-order valence-corrected chi connectivity index (χ4v) is 4.13. The average molecular weight is 351 g/mol. The Bertz CT molecular complexity index is 468. The molecule has 1 amide bonds. The van der Waals surface area contributed by atoms with Crippen LogP contribution in [0.15, 0.2) is 11.1 Å². The van der Waals surface area contributed by atoms with Crippen LogP contribution in [0.25, 0.3) is 0 Å². The summed E-state index contributed by atoms with van der Waals surface area (Å²) in [6.07, 6.45) is 6.91. The summed E-state index contributed by atoms with van der Waals surface area (Å²) in [7, 11) is 2.23. The maximum Gasteiger partial charge on any atom is 0.249 e. The van der Waals surface area contributed by atoms with Crippen molar-refractivity contribution >= 4 is 5.91 Å². The van der Waals surface area contributed by atoms with Crippen molar-refractivity contribution in [3.63, 3.8) is 0 Å². The van der Waals surface area contributed by atoms with E-state index in [0.717, 1.165) is 37.0 Å². The Morgan fingerprint density at radius 1 is 1.00 bits per heavy atom. The van der Waals surface area contributed by atoms with Crippen molar-refractivity contribution in [2.75, 3.05) is 13.6 Å². The maximum absolute atomic E-state index is 13.2. The van der Waals surface area contributed by atoms with Crippen molar-refractivity contribution in [3.05, 3.63) is 11.1 Å². The van der Waals surface area contributed by atoms with Gasteiger partial charge in [0.2, 0.25) is 5.91 Å². The van der Waals surface area contributed by atoms with Crippen LogP contribution in [0.4, 0.5) is 0 Å². The molecule has 0 aliphatic carbocycles. The molecule has 1 heterocycles. The van der Waals surface area contributed by atoms with E-state index >= 15 is 0 Å². The van der Waals surface area contributed by atoms with Crippen LogP contribution in [0.5, 0.6) is 0 Å². The molecule has 0 bridgehead atoms. The fraction of sp³-hybridized carbons (Fsp3) is 0.864. The average Bonchev–Trinajstić information content (AvgIpc) is 2.50. The highest BCUT2D eigenvalue weighted by atomic mass is 16.2. The molecule has 0 saturated carbocycles. The van der Waals surface area contributed by atoms with E-state index in [-0.39, 0.29) is 17.0 Å². The molecule has 0 N–H and O–H groups in total. The van der Waals surface area contributed by atoms with Crippen molar-refractivity contribution < 1.29 is 4.79 Å². The molecule has 1 aliphatic rings. The zero-order valence-corrected chi connectivity index (χ0v) is 18.3. The van der Waals surface area contributed by atoms with Crippen molar-refractivity contribution in [1.82, 2.24) is 9.80 Å². The SMILES string of the molecule is CCCCCCN(C(=O)C(C)=C(C)C)C1CC(C)(C)N(C)C(C)(C)C1. The van der Waals surface area contributed by atoms with E-state index in [2.05, 4.69) is 51.5 Å². The van der Waals surface area contributed by atoms with Gasteiger partial charge in [-0.05, 0) is 74.8 Å². The van der Waals surface area contributed by atoms with Gasteiger partial charge in [-0.2, -0.15) is 0 Å². The van der Waals surface area contributed by atoms with Gasteiger partial charge in [0.1, 0.15) is 0 Å². The van der Waals surface area contributed by atoms with Crippen LogP contribution in [-0.4, -0.2) is 46.4 Å². The lowest BCUT2D eigenvalue weighted by atomic mass is 9.76. The Morgan fingerprint density at radius 2 is 1.52 bits per heavy atom. The normalized spacial score (nSPS) is 20.4. The highest BCUT2D eigenvalue weighted by Gasteiger charge is 2.45. The Labute approximate surface area is 156 Å². The predicted octanol–water partition coefficient (Wildman–Crippen LogP) is 5.40. The molecule has 25 heavy (non-hydrogen) atoms. The number of hydrogen-bond donors (Lipinski definition) is 0. The van der Waals surface area contributed by atoms with Crippen molar-refractivity contribution in [2.24, 2.45) is 0 Å². The number of allylic oxidation sites excluding steroid dienone is 1. The van der Waals surface area contributed by atoms with E-state index in [4.69, 9.17) is 0 Å². The number of amides is 1. The van der Waals surface area contributed by atoms with Gasteiger partial charge < -0.3 is 4.90 Å². The van der Waals surface area contributed by atoms with Crippen molar-refractivity contribution in [1.29, 1.82) is 0 Å².